The molecule has 0 atom stereocenters. The number of rotatable bonds is 2. The Labute approximate surface area is 89.9 Å². The average molecular weight is 220 g/mol. The second-order valence-electron chi connectivity index (χ2n) is 3.28. The van der Waals surface area contributed by atoms with Crippen molar-refractivity contribution in [2.24, 2.45) is 5.16 Å². The second kappa shape index (κ2) is 3.65. The lowest BCUT2D eigenvalue weighted by Crippen LogP contribution is -1.89. The maximum absolute atomic E-state index is 10.6. The third kappa shape index (κ3) is 1.60. The Morgan fingerprint density at radius 3 is 2.88 bits per heavy atom. The molecule has 6 nitrogen and oxygen atoms in total. The number of nitro groups is 1. The van der Waals surface area contributed by atoms with Gasteiger partial charge in [-0.2, -0.15) is 0 Å². The molecule has 1 aromatic carbocycles. The number of non-ortho nitro benzene ring substituents is 1. The highest BCUT2D eigenvalue weighted by molar-refractivity contribution is 5.99. The van der Waals surface area contributed by atoms with Crippen LogP contribution >= 0.6 is 0 Å². The molecule has 0 aliphatic rings. The zero-order valence-corrected chi connectivity index (χ0v) is 8.38. The molecule has 0 saturated carbocycles. The van der Waals surface area contributed by atoms with E-state index in [-0.39, 0.29) is 5.69 Å². The Bertz CT molecular complexity index is 586. The van der Waals surface area contributed by atoms with E-state index in [1.165, 1.54) is 18.2 Å². The maximum atomic E-state index is 10.6. The smallest absolute Gasteiger partial charge is 0.270 e. The lowest BCUT2D eigenvalue weighted by molar-refractivity contribution is -0.384. The lowest BCUT2D eigenvalue weighted by Gasteiger charge is -1.90. The number of nitrogens with zero attached hydrogens (tertiary/aromatic N) is 2. The Morgan fingerprint density at radius 2 is 2.25 bits per heavy atom. The van der Waals surface area contributed by atoms with Gasteiger partial charge in [-0.1, -0.05) is 5.16 Å². The Kier molecular flexibility index (Phi) is 2.32. The molecule has 0 radical (unpaired) electrons. The molecule has 82 valence electrons. The highest BCUT2D eigenvalue weighted by Crippen LogP contribution is 2.24. The number of benzene rings is 1. The molecule has 0 spiro atoms. The summed E-state index contributed by atoms with van der Waals surface area (Å²) in [5.74, 6) is 0.387. The van der Waals surface area contributed by atoms with Crippen molar-refractivity contribution in [3.05, 3.63) is 40.1 Å². The first-order valence-electron chi connectivity index (χ1n) is 4.49. The molecule has 1 aromatic heterocycles. The van der Waals surface area contributed by atoms with Crippen LogP contribution < -0.4 is 0 Å². The zero-order chi connectivity index (χ0) is 11.7. The summed E-state index contributed by atoms with van der Waals surface area (Å²) in [6.45, 7) is 1.58. The van der Waals surface area contributed by atoms with Crippen LogP contribution in [0.5, 0.6) is 0 Å². The molecular formula is C10H8N2O4. The van der Waals surface area contributed by atoms with E-state index < -0.39 is 4.92 Å². The van der Waals surface area contributed by atoms with Crippen LogP contribution in [0.3, 0.4) is 0 Å². The minimum atomic E-state index is -0.473. The van der Waals surface area contributed by atoms with E-state index >= 15 is 0 Å². The van der Waals surface area contributed by atoms with E-state index in [1.807, 2.05) is 0 Å². The molecule has 1 N–H and O–H groups in total. The summed E-state index contributed by atoms with van der Waals surface area (Å²) in [7, 11) is 0. The van der Waals surface area contributed by atoms with Crippen LogP contribution in [-0.4, -0.2) is 15.8 Å². The lowest BCUT2D eigenvalue weighted by atomic mass is 10.2. The number of hydrogen-bond donors (Lipinski definition) is 1. The maximum Gasteiger partial charge on any atom is 0.270 e. The Morgan fingerprint density at radius 1 is 1.50 bits per heavy atom. The van der Waals surface area contributed by atoms with Crippen molar-refractivity contribution in [1.82, 2.24) is 0 Å². The topological polar surface area (TPSA) is 88.9 Å². The molecule has 2 rings (SSSR count). The van der Waals surface area contributed by atoms with Crippen molar-refractivity contribution < 1.29 is 14.5 Å². The summed E-state index contributed by atoms with van der Waals surface area (Å²) in [6.07, 6.45) is 0. The summed E-state index contributed by atoms with van der Waals surface area (Å²) in [5.41, 5.74) is 0.834. The molecule has 6 heteroatoms. The Balaban J connectivity index is 2.58. The van der Waals surface area contributed by atoms with Gasteiger partial charge >= 0.3 is 0 Å². The van der Waals surface area contributed by atoms with Gasteiger partial charge in [-0.3, -0.25) is 10.1 Å². The summed E-state index contributed by atoms with van der Waals surface area (Å²) >= 11 is 0. The van der Waals surface area contributed by atoms with Gasteiger partial charge < -0.3 is 9.62 Å². The third-order valence-electron chi connectivity index (χ3n) is 2.22. The predicted molar refractivity (Wildman–Crippen MR) is 56.9 cm³/mol. The number of furan rings is 1. The van der Waals surface area contributed by atoms with E-state index in [0.717, 1.165) is 0 Å². The number of nitro benzene ring substituents is 1. The molecule has 0 unspecified atom stereocenters. The van der Waals surface area contributed by atoms with Crippen LogP contribution in [0.25, 0.3) is 11.0 Å². The molecule has 0 amide bonds. The van der Waals surface area contributed by atoms with Crippen LogP contribution in [0, 0.1) is 10.1 Å². The van der Waals surface area contributed by atoms with Crippen LogP contribution in [0.2, 0.25) is 0 Å². The minimum Gasteiger partial charge on any atom is -0.455 e. The predicted octanol–water partition coefficient (Wildman–Crippen LogP) is 2.54. The van der Waals surface area contributed by atoms with Gasteiger partial charge in [0.15, 0.2) is 5.76 Å². The molecule has 1 heterocycles. The van der Waals surface area contributed by atoms with E-state index in [2.05, 4.69) is 5.16 Å². The molecule has 0 aliphatic carbocycles. The normalized spacial score (nSPS) is 11.9. The molecule has 0 fully saturated rings. The van der Waals surface area contributed by atoms with Crippen LogP contribution in [0.1, 0.15) is 12.7 Å². The van der Waals surface area contributed by atoms with Crippen molar-refractivity contribution >= 4 is 22.4 Å². The van der Waals surface area contributed by atoms with E-state index in [1.54, 1.807) is 13.0 Å². The zero-order valence-electron chi connectivity index (χ0n) is 8.38. The summed E-state index contributed by atoms with van der Waals surface area (Å²) in [6, 6.07) is 5.88. The van der Waals surface area contributed by atoms with E-state index in [0.29, 0.717) is 22.4 Å². The SMILES string of the molecule is CC(=NO)c1cc2cc([N+](=O)[O-])ccc2o1. The first-order chi connectivity index (χ1) is 7.61. The number of fused-ring (bicyclic) bond motifs is 1. The van der Waals surface area contributed by atoms with Gasteiger partial charge in [0.1, 0.15) is 11.3 Å². The van der Waals surface area contributed by atoms with Crippen molar-refractivity contribution in [3.8, 4) is 0 Å². The molecule has 0 aliphatic heterocycles. The number of oxime groups is 1. The third-order valence-corrected chi connectivity index (χ3v) is 2.22. The van der Waals surface area contributed by atoms with Gasteiger partial charge in [-0.25, -0.2) is 0 Å². The van der Waals surface area contributed by atoms with Gasteiger partial charge in [-0.05, 0) is 19.1 Å². The van der Waals surface area contributed by atoms with E-state index in [9.17, 15) is 10.1 Å². The monoisotopic (exact) mass is 220 g/mol. The fraction of sp³-hybridized carbons (Fsp3) is 0.100. The highest BCUT2D eigenvalue weighted by atomic mass is 16.6. The van der Waals surface area contributed by atoms with Crippen molar-refractivity contribution in [3.63, 3.8) is 0 Å². The van der Waals surface area contributed by atoms with Gasteiger partial charge in [0, 0.05) is 17.5 Å². The second-order valence-corrected chi connectivity index (χ2v) is 3.28. The van der Waals surface area contributed by atoms with E-state index in [4.69, 9.17) is 9.62 Å². The van der Waals surface area contributed by atoms with Gasteiger partial charge in [0.05, 0.1) is 4.92 Å². The van der Waals surface area contributed by atoms with Crippen LogP contribution in [0.4, 0.5) is 5.69 Å². The molecular weight excluding hydrogens is 212 g/mol. The standard InChI is InChI=1S/C10H8N2O4/c1-6(11-13)10-5-7-4-8(12(14)15)2-3-9(7)16-10/h2-5,13H,1H3. The van der Waals surface area contributed by atoms with Gasteiger partial charge in [-0.15, -0.1) is 0 Å². The van der Waals surface area contributed by atoms with Crippen molar-refractivity contribution in [2.75, 3.05) is 0 Å². The van der Waals surface area contributed by atoms with Gasteiger partial charge in [0.25, 0.3) is 5.69 Å². The van der Waals surface area contributed by atoms with Gasteiger partial charge in [0.2, 0.25) is 0 Å². The Hall–Kier alpha value is -2.37. The summed E-state index contributed by atoms with van der Waals surface area (Å²) in [5, 5.41) is 22.7. The van der Waals surface area contributed by atoms with Crippen LogP contribution in [0.15, 0.2) is 33.8 Å². The highest BCUT2D eigenvalue weighted by Gasteiger charge is 2.11. The van der Waals surface area contributed by atoms with Crippen LogP contribution in [-0.2, 0) is 0 Å². The molecule has 0 bridgehead atoms. The largest absolute Gasteiger partial charge is 0.455 e. The summed E-state index contributed by atoms with van der Waals surface area (Å²) in [4.78, 5) is 10.1. The fourth-order valence-electron chi connectivity index (χ4n) is 1.37. The quantitative estimate of drug-likeness (QED) is 0.364. The fourth-order valence-corrected chi connectivity index (χ4v) is 1.37. The van der Waals surface area contributed by atoms with Crippen molar-refractivity contribution in [2.45, 2.75) is 6.92 Å². The first-order valence-corrected chi connectivity index (χ1v) is 4.49. The first kappa shape index (κ1) is 10.2. The molecule has 16 heavy (non-hydrogen) atoms. The average Bonchev–Trinajstić information content (AvgIpc) is 2.70. The molecule has 0 saturated heterocycles. The van der Waals surface area contributed by atoms with Crippen molar-refractivity contribution in [1.29, 1.82) is 0 Å². The summed E-state index contributed by atoms with van der Waals surface area (Å²) < 4.78 is 5.34. The minimum absolute atomic E-state index is 0.00144. The number of hydrogen-bond acceptors (Lipinski definition) is 5. The molecule has 2 aromatic rings.